The first-order valence-corrected chi connectivity index (χ1v) is 5.76. The summed E-state index contributed by atoms with van der Waals surface area (Å²) in [5.74, 6) is -3.36. The van der Waals surface area contributed by atoms with Crippen molar-refractivity contribution in [1.29, 1.82) is 0 Å². The Labute approximate surface area is 104 Å². The molecule has 0 saturated carbocycles. The molecular weight excluding hydrogens is 237 g/mol. The number of benzene rings is 2. The fraction of sp³-hybridized carbons (Fsp3) is 0.200. The molecular formula is C15H13F3. The van der Waals surface area contributed by atoms with E-state index in [1.807, 2.05) is 0 Å². The van der Waals surface area contributed by atoms with E-state index in [1.165, 1.54) is 24.3 Å². The van der Waals surface area contributed by atoms with Gasteiger partial charge in [-0.25, -0.2) is 13.2 Å². The molecule has 3 heteroatoms. The van der Waals surface area contributed by atoms with Crippen LogP contribution in [0.15, 0.2) is 54.6 Å². The van der Waals surface area contributed by atoms with Gasteiger partial charge in [-0.15, -0.1) is 0 Å². The minimum atomic E-state index is -2.93. The first-order chi connectivity index (χ1) is 8.59. The molecule has 0 nitrogen and oxygen atoms in total. The van der Waals surface area contributed by atoms with E-state index in [1.54, 1.807) is 30.3 Å². The molecule has 0 heterocycles. The van der Waals surface area contributed by atoms with Crippen LogP contribution in [-0.4, -0.2) is 0 Å². The Kier molecular flexibility index (Phi) is 3.70. The maximum absolute atomic E-state index is 13.9. The highest BCUT2D eigenvalue weighted by Crippen LogP contribution is 2.32. The zero-order chi connectivity index (χ0) is 13.0. The molecule has 0 atom stereocenters. The van der Waals surface area contributed by atoms with Crippen LogP contribution in [0.5, 0.6) is 0 Å². The van der Waals surface area contributed by atoms with Gasteiger partial charge in [-0.1, -0.05) is 48.5 Å². The number of hydrogen-bond acceptors (Lipinski definition) is 0. The van der Waals surface area contributed by atoms with Gasteiger partial charge in [-0.2, -0.15) is 0 Å². The van der Waals surface area contributed by atoms with Crippen LogP contribution in [-0.2, 0) is 12.3 Å². The van der Waals surface area contributed by atoms with Crippen LogP contribution in [0.1, 0.15) is 17.5 Å². The molecule has 0 aliphatic carbocycles. The van der Waals surface area contributed by atoms with E-state index in [0.717, 1.165) is 0 Å². The van der Waals surface area contributed by atoms with Crippen LogP contribution in [0.25, 0.3) is 0 Å². The van der Waals surface area contributed by atoms with Crippen molar-refractivity contribution in [3.63, 3.8) is 0 Å². The van der Waals surface area contributed by atoms with E-state index in [2.05, 4.69) is 0 Å². The summed E-state index contributed by atoms with van der Waals surface area (Å²) in [7, 11) is 0. The van der Waals surface area contributed by atoms with Crippen LogP contribution in [0.2, 0.25) is 0 Å². The predicted molar refractivity (Wildman–Crippen MR) is 65.1 cm³/mol. The van der Waals surface area contributed by atoms with E-state index in [0.29, 0.717) is 5.56 Å². The number of alkyl halides is 2. The lowest BCUT2D eigenvalue weighted by atomic mass is 10.0. The third kappa shape index (κ3) is 2.92. The highest BCUT2D eigenvalue weighted by Gasteiger charge is 2.30. The third-order valence-corrected chi connectivity index (χ3v) is 2.86. The largest absolute Gasteiger partial charge is 0.273 e. The summed E-state index contributed by atoms with van der Waals surface area (Å²) in [6.45, 7) is 0. The molecule has 2 rings (SSSR count). The zero-order valence-electron chi connectivity index (χ0n) is 9.74. The Morgan fingerprint density at radius 3 is 2.11 bits per heavy atom. The molecule has 0 aliphatic rings. The molecule has 0 saturated heterocycles. The van der Waals surface area contributed by atoms with Crippen LogP contribution in [0.4, 0.5) is 13.2 Å². The van der Waals surface area contributed by atoms with Crippen molar-refractivity contribution in [2.45, 2.75) is 18.8 Å². The molecule has 0 radical (unpaired) electrons. The van der Waals surface area contributed by atoms with Crippen molar-refractivity contribution in [1.82, 2.24) is 0 Å². The Morgan fingerprint density at radius 1 is 0.833 bits per heavy atom. The monoisotopic (exact) mass is 250 g/mol. The normalized spacial score (nSPS) is 11.5. The molecule has 2 aromatic carbocycles. The van der Waals surface area contributed by atoms with Gasteiger partial charge in [0.1, 0.15) is 5.82 Å². The third-order valence-electron chi connectivity index (χ3n) is 2.86. The summed E-state index contributed by atoms with van der Waals surface area (Å²) in [6.07, 6.45) is -0.369. The van der Waals surface area contributed by atoms with E-state index in [-0.39, 0.29) is 12.0 Å². The van der Waals surface area contributed by atoms with E-state index >= 15 is 0 Å². The Hall–Kier alpha value is -1.77. The van der Waals surface area contributed by atoms with Gasteiger partial charge in [-0.3, -0.25) is 0 Å². The molecule has 0 spiro atoms. The quantitative estimate of drug-likeness (QED) is 0.746. The molecule has 94 valence electrons. The minimum absolute atomic E-state index is 0.0224. The number of halogens is 3. The number of rotatable bonds is 4. The highest BCUT2D eigenvalue weighted by molar-refractivity contribution is 5.22. The van der Waals surface area contributed by atoms with Crippen molar-refractivity contribution in [2.75, 3.05) is 0 Å². The summed E-state index contributed by atoms with van der Waals surface area (Å²) in [6, 6.07) is 13.7. The Bertz CT molecular complexity index is 506. The molecule has 18 heavy (non-hydrogen) atoms. The molecule has 0 fully saturated rings. The van der Waals surface area contributed by atoms with E-state index in [9.17, 15) is 13.2 Å². The number of aryl methyl sites for hydroxylation is 1. The van der Waals surface area contributed by atoms with Gasteiger partial charge in [0, 0.05) is 12.0 Å². The summed E-state index contributed by atoms with van der Waals surface area (Å²) in [4.78, 5) is 0. The standard InChI is InChI=1S/C15H13F3/c16-14-9-5-4-6-12(14)10-11-15(17,18)13-7-2-1-3-8-13/h1-9H,10-11H2. The van der Waals surface area contributed by atoms with Crippen LogP contribution >= 0.6 is 0 Å². The summed E-state index contributed by atoms with van der Waals surface area (Å²) in [5, 5.41) is 0. The Morgan fingerprint density at radius 2 is 1.44 bits per heavy atom. The van der Waals surface area contributed by atoms with E-state index < -0.39 is 18.2 Å². The van der Waals surface area contributed by atoms with Gasteiger partial charge in [0.15, 0.2) is 0 Å². The van der Waals surface area contributed by atoms with Crippen LogP contribution < -0.4 is 0 Å². The lowest BCUT2D eigenvalue weighted by Gasteiger charge is -2.16. The van der Waals surface area contributed by atoms with Gasteiger partial charge >= 0.3 is 0 Å². The fourth-order valence-electron chi connectivity index (χ4n) is 1.82. The second-order valence-corrected chi connectivity index (χ2v) is 4.16. The smallest absolute Gasteiger partial charge is 0.207 e. The van der Waals surface area contributed by atoms with E-state index in [4.69, 9.17) is 0 Å². The molecule has 0 bridgehead atoms. The summed E-state index contributed by atoms with van der Waals surface area (Å²) in [5.41, 5.74) is 0.300. The van der Waals surface area contributed by atoms with Crippen LogP contribution in [0.3, 0.4) is 0 Å². The first kappa shape index (κ1) is 12.7. The molecule has 0 aliphatic heterocycles. The second-order valence-electron chi connectivity index (χ2n) is 4.16. The van der Waals surface area contributed by atoms with Gasteiger partial charge < -0.3 is 0 Å². The molecule has 0 N–H and O–H groups in total. The Balaban J connectivity index is 2.08. The maximum Gasteiger partial charge on any atom is 0.273 e. The highest BCUT2D eigenvalue weighted by atomic mass is 19.3. The van der Waals surface area contributed by atoms with Crippen molar-refractivity contribution < 1.29 is 13.2 Å². The number of hydrogen-bond donors (Lipinski definition) is 0. The predicted octanol–water partition coefficient (Wildman–Crippen LogP) is 4.55. The fourth-order valence-corrected chi connectivity index (χ4v) is 1.82. The van der Waals surface area contributed by atoms with Crippen LogP contribution in [0, 0.1) is 5.82 Å². The first-order valence-electron chi connectivity index (χ1n) is 5.76. The molecule has 2 aromatic rings. The molecule has 0 unspecified atom stereocenters. The topological polar surface area (TPSA) is 0 Å². The van der Waals surface area contributed by atoms with Gasteiger partial charge in [0.25, 0.3) is 5.92 Å². The van der Waals surface area contributed by atoms with Crippen molar-refractivity contribution in [2.24, 2.45) is 0 Å². The molecule has 0 amide bonds. The van der Waals surface area contributed by atoms with Gasteiger partial charge in [0.05, 0.1) is 0 Å². The second kappa shape index (κ2) is 5.25. The molecule has 0 aromatic heterocycles. The van der Waals surface area contributed by atoms with Crippen molar-refractivity contribution in [3.8, 4) is 0 Å². The summed E-state index contributed by atoms with van der Waals surface area (Å²) >= 11 is 0. The zero-order valence-corrected chi connectivity index (χ0v) is 9.74. The lowest BCUT2D eigenvalue weighted by molar-refractivity contribution is -0.0132. The minimum Gasteiger partial charge on any atom is -0.207 e. The van der Waals surface area contributed by atoms with Crippen molar-refractivity contribution in [3.05, 3.63) is 71.5 Å². The SMILES string of the molecule is Fc1ccccc1CCC(F)(F)c1ccccc1. The van der Waals surface area contributed by atoms with Gasteiger partial charge in [0.2, 0.25) is 0 Å². The van der Waals surface area contributed by atoms with Gasteiger partial charge in [-0.05, 0) is 18.1 Å². The lowest BCUT2D eigenvalue weighted by Crippen LogP contribution is -2.14. The average Bonchev–Trinajstić information content (AvgIpc) is 2.39. The maximum atomic E-state index is 13.9. The summed E-state index contributed by atoms with van der Waals surface area (Å²) < 4.78 is 41.0. The average molecular weight is 250 g/mol. The van der Waals surface area contributed by atoms with Crippen molar-refractivity contribution >= 4 is 0 Å².